The largest absolute Gasteiger partial charge is 0.388 e. The third kappa shape index (κ3) is 2.69. The fourth-order valence-electron chi connectivity index (χ4n) is 1.34. The summed E-state index contributed by atoms with van der Waals surface area (Å²) >= 11 is 0. The van der Waals surface area contributed by atoms with Crippen molar-refractivity contribution in [2.45, 2.75) is 23.5 Å². The van der Waals surface area contributed by atoms with Gasteiger partial charge in [-0.3, -0.25) is 0 Å². The summed E-state index contributed by atoms with van der Waals surface area (Å²) in [6.07, 6.45) is 0.621. The van der Waals surface area contributed by atoms with Gasteiger partial charge >= 0.3 is 0 Å². The Labute approximate surface area is 98.7 Å². The Morgan fingerprint density at radius 2 is 1.38 bits per heavy atom. The number of hydrogen-bond acceptors (Lipinski definition) is 3. The Hall–Kier alpha value is -0.730. The van der Waals surface area contributed by atoms with Crippen LogP contribution in [-0.4, -0.2) is 38.8 Å². The van der Waals surface area contributed by atoms with E-state index in [0.717, 1.165) is 0 Å². The predicted octanol–water partition coefficient (Wildman–Crippen LogP) is 0.797. The minimum absolute atomic E-state index is 0.229. The number of rotatable bonds is 7. The van der Waals surface area contributed by atoms with E-state index < -0.39 is 23.5 Å². The molecule has 4 unspecified atom stereocenters. The SMILES string of the molecule is C=CC(O)C(=C)C(P)(C(O)C=C)C(O)C=C. The van der Waals surface area contributed by atoms with E-state index in [2.05, 4.69) is 35.6 Å². The van der Waals surface area contributed by atoms with Crippen molar-refractivity contribution in [3.05, 3.63) is 50.1 Å². The van der Waals surface area contributed by atoms with Gasteiger partial charge in [0.25, 0.3) is 0 Å². The zero-order chi connectivity index (χ0) is 12.9. The van der Waals surface area contributed by atoms with Gasteiger partial charge in [0, 0.05) is 0 Å². The van der Waals surface area contributed by atoms with Crippen molar-refractivity contribution < 1.29 is 15.3 Å². The minimum Gasteiger partial charge on any atom is -0.388 e. The third-order valence-electron chi connectivity index (χ3n) is 2.56. The van der Waals surface area contributed by atoms with Gasteiger partial charge < -0.3 is 15.3 Å². The minimum atomic E-state index is -1.23. The summed E-state index contributed by atoms with van der Waals surface area (Å²) in [6, 6.07) is 0. The van der Waals surface area contributed by atoms with Gasteiger partial charge in [0.05, 0.1) is 23.5 Å². The lowest BCUT2D eigenvalue weighted by Crippen LogP contribution is -2.48. The highest BCUT2D eigenvalue weighted by atomic mass is 31.0. The molecule has 90 valence electrons. The molecule has 0 aromatic heterocycles. The van der Waals surface area contributed by atoms with Crippen LogP contribution in [0, 0.1) is 0 Å². The lowest BCUT2D eigenvalue weighted by molar-refractivity contribution is 0.0903. The van der Waals surface area contributed by atoms with Crippen molar-refractivity contribution in [3.63, 3.8) is 0 Å². The molecule has 0 bridgehead atoms. The van der Waals surface area contributed by atoms with Crippen LogP contribution in [0.15, 0.2) is 50.1 Å². The van der Waals surface area contributed by atoms with Gasteiger partial charge in [-0.15, -0.1) is 29.0 Å². The molecular weight excluding hydrogens is 223 g/mol. The van der Waals surface area contributed by atoms with Crippen LogP contribution in [0.2, 0.25) is 0 Å². The molecule has 0 amide bonds. The molecule has 0 aromatic rings. The normalized spacial score (nSPS) is 20.0. The molecule has 0 aliphatic heterocycles. The number of aliphatic hydroxyl groups is 3. The Kier molecular flexibility index (Phi) is 5.84. The van der Waals surface area contributed by atoms with Crippen LogP contribution in [0.4, 0.5) is 0 Å². The molecule has 0 heterocycles. The summed E-state index contributed by atoms with van der Waals surface area (Å²) in [4.78, 5) is 0. The first-order valence-electron chi connectivity index (χ1n) is 4.76. The molecule has 0 aliphatic carbocycles. The molecule has 0 saturated heterocycles. The zero-order valence-corrected chi connectivity index (χ0v) is 10.4. The molecule has 0 spiro atoms. The van der Waals surface area contributed by atoms with E-state index in [1.807, 2.05) is 0 Å². The van der Waals surface area contributed by atoms with Gasteiger partial charge in [-0.2, -0.15) is 0 Å². The Bertz CT molecular complexity index is 285. The first-order valence-corrected chi connectivity index (χ1v) is 5.33. The van der Waals surface area contributed by atoms with E-state index >= 15 is 0 Å². The number of hydrogen-bond donors (Lipinski definition) is 3. The average Bonchev–Trinajstić information content (AvgIpc) is 2.33. The maximum atomic E-state index is 9.84. The molecular formula is C12H19O3P. The maximum Gasteiger partial charge on any atom is 0.0937 e. The van der Waals surface area contributed by atoms with E-state index in [0.29, 0.717) is 0 Å². The summed E-state index contributed by atoms with van der Waals surface area (Å²) in [5.74, 6) is 0. The molecule has 4 atom stereocenters. The Morgan fingerprint density at radius 1 is 1.00 bits per heavy atom. The molecule has 4 heteroatoms. The van der Waals surface area contributed by atoms with E-state index in [4.69, 9.17) is 0 Å². The molecule has 3 nitrogen and oxygen atoms in total. The van der Waals surface area contributed by atoms with E-state index in [1.54, 1.807) is 0 Å². The van der Waals surface area contributed by atoms with Crippen molar-refractivity contribution >= 4 is 9.24 Å². The highest BCUT2D eigenvalue weighted by Gasteiger charge is 2.42. The highest BCUT2D eigenvalue weighted by Crippen LogP contribution is 2.37. The summed E-state index contributed by atoms with van der Waals surface area (Å²) < 4.78 is 0. The van der Waals surface area contributed by atoms with Gasteiger partial charge in [0.15, 0.2) is 0 Å². The monoisotopic (exact) mass is 242 g/mol. The molecule has 0 aliphatic rings. The molecule has 16 heavy (non-hydrogen) atoms. The van der Waals surface area contributed by atoms with Crippen molar-refractivity contribution in [1.29, 1.82) is 0 Å². The molecule has 0 rings (SSSR count). The van der Waals surface area contributed by atoms with Crippen LogP contribution >= 0.6 is 9.24 Å². The Balaban J connectivity index is 5.38. The van der Waals surface area contributed by atoms with Crippen molar-refractivity contribution in [3.8, 4) is 0 Å². The van der Waals surface area contributed by atoms with Crippen LogP contribution in [0.5, 0.6) is 0 Å². The fraction of sp³-hybridized carbons (Fsp3) is 0.333. The lowest BCUT2D eigenvalue weighted by Gasteiger charge is -2.39. The van der Waals surface area contributed by atoms with E-state index in [-0.39, 0.29) is 5.57 Å². The van der Waals surface area contributed by atoms with Crippen molar-refractivity contribution in [1.82, 2.24) is 0 Å². The summed E-state index contributed by atoms with van der Waals surface area (Å²) in [5, 5.41) is 28.1. The van der Waals surface area contributed by atoms with Crippen LogP contribution in [0.3, 0.4) is 0 Å². The van der Waals surface area contributed by atoms with Gasteiger partial charge in [0.1, 0.15) is 0 Å². The van der Waals surface area contributed by atoms with Crippen LogP contribution in [0.25, 0.3) is 0 Å². The topological polar surface area (TPSA) is 60.7 Å². The van der Waals surface area contributed by atoms with Crippen molar-refractivity contribution in [2.24, 2.45) is 0 Å². The standard InChI is InChI=1S/C12H19O3P/c1-5-9(13)8(4)12(16,10(14)6-2)11(15)7-3/h5-7,9-11,13-15H,1-4,16H2. The molecule has 0 fully saturated rings. The zero-order valence-electron chi connectivity index (χ0n) is 9.21. The Morgan fingerprint density at radius 3 is 1.62 bits per heavy atom. The average molecular weight is 242 g/mol. The third-order valence-corrected chi connectivity index (χ3v) is 3.62. The van der Waals surface area contributed by atoms with Gasteiger partial charge in [-0.1, -0.05) is 24.8 Å². The quantitative estimate of drug-likeness (QED) is 0.457. The molecule has 0 saturated carbocycles. The van der Waals surface area contributed by atoms with E-state index in [1.165, 1.54) is 18.2 Å². The van der Waals surface area contributed by atoms with Gasteiger partial charge in [0.2, 0.25) is 0 Å². The smallest absolute Gasteiger partial charge is 0.0937 e. The molecule has 0 radical (unpaired) electrons. The van der Waals surface area contributed by atoms with Crippen LogP contribution in [-0.2, 0) is 0 Å². The first-order chi connectivity index (χ1) is 7.35. The molecule has 3 N–H and O–H groups in total. The second kappa shape index (κ2) is 6.12. The summed E-state index contributed by atoms with van der Waals surface area (Å²) in [7, 11) is 2.30. The molecule has 0 aromatic carbocycles. The lowest BCUT2D eigenvalue weighted by atomic mass is 9.84. The second-order valence-electron chi connectivity index (χ2n) is 3.50. The van der Waals surface area contributed by atoms with Crippen LogP contribution in [0.1, 0.15) is 0 Å². The summed E-state index contributed by atoms with van der Waals surface area (Å²) in [6.45, 7) is 14.0. The second-order valence-corrected chi connectivity index (χ2v) is 4.46. The number of aliphatic hydroxyl groups excluding tert-OH is 3. The van der Waals surface area contributed by atoms with Gasteiger partial charge in [-0.25, -0.2) is 0 Å². The fourth-order valence-corrected chi connectivity index (χ4v) is 1.79. The highest BCUT2D eigenvalue weighted by molar-refractivity contribution is 7.19. The van der Waals surface area contributed by atoms with Crippen LogP contribution < -0.4 is 0 Å². The van der Waals surface area contributed by atoms with Crippen molar-refractivity contribution in [2.75, 3.05) is 0 Å². The first kappa shape index (κ1) is 15.3. The maximum absolute atomic E-state index is 9.84. The van der Waals surface area contributed by atoms with E-state index in [9.17, 15) is 15.3 Å². The summed E-state index contributed by atoms with van der Waals surface area (Å²) in [5.41, 5.74) is 0.229. The van der Waals surface area contributed by atoms with Gasteiger partial charge in [-0.05, 0) is 5.57 Å². The predicted molar refractivity (Wildman–Crippen MR) is 70.2 cm³/mol.